The van der Waals surface area contributed by atoms with Gasteiger partial charge in [-0.05, 0) is 69.6 Å². The van der Waals surface area contributed by atoms with E-state index in [-0.39, 0.29) is 0 Å². The van der Waals surface area contributed by atoms with Crippen LogP contribution in [0, 0.1) is 0 Å². The van der Waals surface area contributed by atoms with Crippen molar-refractivity contribution in [2.75, 3.05) is 19.6 Å². The fourth-order valence-electron chi connectivity index (χ4n) is 3.96. The number of nitrogens with zero attached hydrogens (tertiary/aromatic N) is 1. The van der Waals surface area contributed by atoms with Crippen molar-refractivity contribution in [3.8, 4) is 0 Å². The zero-order chi connectivity index (χ0) is 18.7. The number of piperidine rings is 1. The minimum absolute atomic E-state index is 0.657. The Morgan fingerprint density at radius 1 is 0.926 bits per heavy atom. The molecule has 142 valence electrons. The van der Waals surface area contributed by atoms with Gasteiger partial charge in [0.25, 0.3) is 0 Å². The third-order valence-corrected chi connectivity index (χ3v) is 7.15. The minimum atomic E-state index is -0.937. The molecule has 0 radical (unpaired) electrons. The molecule has 1 saturated heterocycles. The van der Waals surface area contributed by atoms with Gasteiger partial charge in [-0.1, -0.05) is 30.3 Å². The van der Waals surface area contributed by atoms with E-state index >= 15 is 0 Å². The number of hydrogen-bond donors (Lipinski definition) is 2. The van der Waals surface area contributed by atoms with E-state index in [0.717, 1.165) is 49.2 Å². The number of thiophene rings is 2. The third kappa shape index (κ3) is 3.89. The standard InChI is InChI=1S/C22H25NO2S2/c24-21(18-4-2-1-3-5-18)8-11-23(12-9-21)13-10-22(25,19-6-14-26-16-19)20-7-15-27-17-20/h1-7,14-17,24-25H,8-13H2. The number of likely N-dealkylation sites (tertiary alicyclic amines) is 1. The number of aliphatic hydroxyl groups is 2. The molecule has 0 atom stereocenters. The van der Waals surface area contributed by atoms with Gasteiger partial charge < -0.3 is 15.1 Å². The lowest BCUT2D eigenvalue weighted by Gasteiger charge is -2.39. The first kappa shape index (κ1) is 18.8. The summed E-state index contributed by atoms with van der Waals surface area (Å²) in [4.78, 5) is 2.36. The van der Waals surface area contributed by atoms with Crippen LogP contribution >= 0.6 is 22.7 Å². The lowest BCUT2D eigenvalue weighted by atomic mass is 9.83. The van der Waals surface area contributed by atoms with E-state index in [0.29, 0.717) is 6.42 Å². The zero-order valence-corrected chi connectivity index (χ0v) is 16.9. The predicted octanol–water partition coefficient (Wildman–Crippen LogP) is 4.42. The van der Waals surface area contributed by atoms with Crippen LogP contribution in [0.25, 0.3) is 0 Å². The Labute approximate surface area is 168 Å². The highest BCUT2D eigenvalue weighted by Crippen LogP contribution is 2.37. The molecule has 0 unspecified atom stereocenters. The van der Waals surface area contributed by atoms with Crippen molar-refractivity contribution in [2.45, 2.75) is 30.5 Å². The Bertz CT molecular complexity index is 788. The van der Waals surface area contributed by atoms with E-state index in [1.807, 2.05) is 64.0 Å². The summed E-state index contributed by atoms with van der Waals surface area (Å²) in [6.45, 7) is 2.50. The largest absolute Gasteiger partial charge is 0.385 e. The van der Waals surface area contributed by atoms with Crippen molar-refractivity contribution >= 4 is 22.7 Å². The van der Waals surface area contributed by atoms with E-state index in [1.54, 1.807) is 22.7 Å². The highest BCUT2D eigenvalue weighted by atomic mass is 32.1. The smallest absolute Gasteiger partial charge is 0.117 e. The first-order valence-corrected chi connectivity index (χ1v) is 11.3. The van der Waals surface area contributed by atoms with Gasteiger partial charge in [-0.2, -0.15) is 22.7 Å². The van der Waals surface area contributed by atoms with Crippen LogP contribution in [-0.2, 0) is 11.2 Å². The number of benzene rings is 1. The summed E-state index contributed by atoms with van der Waals surface area (Å²) in [5.41, 5.74) is 1.30. The van der Waals surface area contributed by atoms with Gasteiger partial charge in [0, 0.05) is 19.6 Å². The molecule has 1 aromatic carbocycles. The van der Waals surface area contributed by atoms with Crippen molar-refractivity contribution in [2.24, 2.45) is 0 Å². The second-order valence-corrected chi connectivity index (χ2v) is 8.93. The molecule has 1 fully saturated rings. The highest BCUT2D eigenvalue weighted by Gasteiger charge is 2.36. The van der Waals surface area contributed by atoms with Crippen molar-refractivity contribution in [3.63, 3.8) is 0 Å². The summed E-state index contributed by atoms with van der Waals surface area (Å²) in [5, 5.41) is 30.6. The summed E-state index contributed by atoms with van der Waals surface area (Å²) in [5.74, 6) is 0. The van der Waals surface area contributed by atoms with Crippen LogP contribution in [0.2, 0.25) is 0 Å². The Balaban J connectivity index is 1.42. The average Bonchev–Trinajstić information content (AvgIpc) is 3.42. The van der Waals surface area contributed by atoms with Crippen LogP contribution in [0.5, 0.6) is 0 Å². The molecule has 0 aliphatic carbocycles. The van der Waals surface area contributed by atoms with Gasteiger partial charge in [-0.25, -0.2) is 0 Å². The molecule has 5 heteroatoms. The van der Waals surface area contributed by atoms with Gasteiger partial charge in [0.2, 0.25) is 0 Å². The summed E-state index contributed by atoms with van der Waals surface area (Å²) in [7, 11) is 0. The van der Waals surface area contributed by atoms with Gasteiger partial charge in [0.15, 0.2) is 0 Å². The SMILES string of the molecule is OC1(c2ccccc2)CCN(CCC(O)(c2ccsc2)c2ccsc2)CC1. The van der Waals surface area contributed by atoms with Crippen molar-refractivity contribution in [1.82, 2.24) is 4.90 Å². The minimum Gasteiger partial charge on any atom is -0.385 e. The first-order valence-electron chi connectivity index (χ1n) is 9.38. The summed E-state index contributed by atoms with van der Waals surface area (Å²) in [6.07, 6.45) is 2.11. The molecule has 0 amide bonds. The van der Waals surface area contributed by atoms with E-state index in [1.165, 1.54) is 0 Å². The maximum atomic E-state index is 11.5. The van der Waals surface area contributed by atoms with E-state index in [2.05, 4.69) is 4.90 Å². The van der Waals surface area contributed by atoms with Crippen molar-refractivity contribution < 1.29 is 10.2 Å². The molecule has 3 heterocycles. The highest BCUT2D eigenvalue weighted by molar-refractivity contribution is 7.08. The maximum absolute atomic E-state index is 11.5. The molecular weight excluding hydrogens is 374 g/mol. The number of rotatable bonds is 6. The normalized spacial score (nSPS) is 17.9. The number of hydrogen-bond acceptors (Lipinski definition) is 5. The lowest BCUT2D eigenvalue weighted by molar-refractivity contribution is -0.0314. The van der Waals surface area contributed by atoms with Crippen LogP contribution < -0.4 is 0 Å². The summed E-state index contributed by atoms with van der Waals surface area (Å²) < 4.78 is 0. The van der Waals surface area contributed by atoms with E-state index < -0.39 is 11.2 Å². The van der Waals surface area contributed by atoms with Crippen LogP contribution in [0.15, 0.2) is 64.0 Å². The van der Waals surface area contributed by atoms with Crippen LogP contribution in [0.3, 0.4) is 0 Å². The third-order valence-electron chi connectivity index (χ3n) is 5.78. The van der Waals surface area contributed by atoms with Gasteiger partial charge >= 0.3 is 0 Å². The Kier molecular flexibility index (Phi) is 5.48. The fourth-order valence-corrected chi connectivity index (χ4v) is 5.41. The summed E-state index contributed by atoms with van der Waals surface area (Å²) in [6, 6.07) is 14.0. The van der Waals surface area contributed by atoms with E-state index in [4.69, 9.17) is 0 Å². The molecule has 1 aliphatic rings. The van der Waals surface area contributed by atoms with Gasteiger partial charge in [0.1, 0.15) is 5.60 Å². The molecule has 1 aliphatic heterocycles. The topological polar surface area (TPSA) is 43.7 Å². The molecule has 3 aromatic rings. The molecule has 2 N–H and O–H groups in total. The molecule has 4 rings (SSSR count). The Hall–Kier alpha value is -1.50. The van der Waals surface area contributed by atoms with Crippen LogP contribution in [0.4, 0.5) is 0 Å². The maximum Gasteiger partial charge on any atom is 0.117 e. The Morgan fingerprint density at radius 3 is 2.04 bits per heavy atom. The molecule has 3 nitrogen and oxygen atoms in total. The van der Waals surface area contributed by atoms with Crippen molar-refractivity contribution in [3.05, 3.63) is 80.7 Å². The quantitative estimate of drug-likeness (QED) is 0.645. The fraction of sp³-hybridized carbons (Fsp3) is 0.364. The predicted molar refractivity (Wildman–Crippen MR) is 112 cm³/mol. The molecule has 0 bridgehead atoms. The van der Waals surface area contributed by atoms with E-state index in [9.17, 15) is 10.2 Å². The molecule has 27 heavy (non-hydrogen) atoms. The second-order valence-electron chi connectivity index (χ2n) is 7.37. The monoisotopic (exact) mass is 399 g/mol. The Morgan fingerprint density at radius 2 is 1.52 bits per heavy atom. The zero-order valence-electron chi connectivity index (χ0n) is 15.3. The molecule has 0 spiro atoms. The van der Waals surface area contributed by atoms with Crippen LogP contribution in [-0.4, -0.2) is 34.7 Å². The average molecular weight is 400 g/mol. The van der Waals surface area contributed by atoms with Gasteiger partial charge in [0.05, 0.1) is 5.60 Å². The molecule has 0 saturated carbocycles. The second kappa shape index (κ2) is 7.86. The summed E-state index contributed by atoms with van der Waals surface area (Å²) >= 11 is 3.24. The van der Waals surface area contributed by atoms with Crippen molar-refractivity contribution in [1.29, 1.82) is 0 Å². The molecule has 2 aromatic heterocycles. The lowest BCUT2D eigenvalue weighted by Crippen LogP contribution is -2.44. The van der Waals surface area contributed by atoms with Gasteiger partial charge in [-0.15, -0.1) is 0 Å². The van der Waals surface area contributed by atoms with Gasteiger partial charge in [-0.3, -0.25) is 0 Å². The van der Waals surface area contributed by atoms with Crippen LogP contribution in [0.1, 0.15) is 36.0 Å². The molecular formula is C22H25NO2S2. The first-order chi connectivity index (χ1) is 13.1.